The molecule has 2 rings (SSSR count). The zero-order valence-corrected chi connectivity index (χ0v) is 6.05. The van der Waals surface area contributed by atoms with Crippen LogP contribution in [0.1, 0.15) is 19.3 Å². The van der Waals surface area contributed by atoms with Crippen molar-refractivity contribution in [3.8, 4) is 0 Å². The standard InChI is InChI=1S/C7H12N2O/c10-9-5-1-3-7(9)8-4-2-6-9/h1-6H2. The smallest absolute Gasteiger partial charge is 0.198 e. The third-order valence-corrected chi connectivity index (χ3v) is 2.36. The van der Waals surface area contributed by atoms with Gasteiger partial charge in [-0.05, 0) is 0 Å². The molecule has 2 aliphatic heterocycles. The van der Waals surface area contributed by atoms with Crippen molar-refractivity contribution in [2.24, 2.45) is 4.99 Å². The Balaban J connectivity index is 2.28. The second kappa shape index (κ2) is 2.04. The maximum absolute atomic E-state index is 11.7. The normalized spacial score (nSPS) is 39.1. The summed E-state index contributed by atoms with van der Waals surface area (Å²) in [4.78, 5) is 4.24. The summed E-state index contributed by atoms with van der Waals surface area (Å²) in [6, 6.07) is 0. The summed E-state index contributed by atoms with van der Waals surface area (Å²) < 4.78 is -0.0833. The molecule has 0 aliphatic carbocycles. The maximum Gasteiger partial charge on any atom is 0.198 e. The van der Waals surface area contributed by atoms with Gasteiger partial charge in [0.15, 0.2) is 5.84 Å². The Kier molecular flexibility index (Phi) is 1.28. The summed E-state index contributed by atoms with van der Waals surface area (Å²) >= 11 is 0. The van der Waals surface area contributed by atoms with Gasteiger partial charge in [0.1, 0.15) is 0 Å². The van der Waals surface area contributed by atoms with Gasteiger partial charge in [0.05, 0.1) is 19.6 Å². The van der Waals surface area contributed by atoms with E-state index < -0.39 is 0 Å². The van der Waals surface area contributed by atoms with E-state index in [0.29, 0.717) is 0 Å². The molecule has 2 aliphatic rings. The molecule has 0 spiro atoms. The Bertz CT molecular complexity index is 178. The first kappa shape index (κ1) is 6.31. The lowest BCUT2D eigenvalue weighted by Crippen LogP contribution is -2.46. The van der Waals surface area contributed by atoms with Crippen LogP contribution in [0.3, 0.4) is 0 Å². The monoisotopic (exact) mass is 140 g/mol. The zero-order valence-electron chi connectivity index (χ0n) is 6.05. The third kappa shape index (κ3) is 0.777. The summed E-state index contributed by atoms with van der Waals surface area (Å²) in [6.07, 6.45) is 2.97. The summed E-state index contributed by atoms with van der Waals surface area (Å²) in [7, 11) is 0. The minimum atomic E-state index is -0.0833. The van der Waals surface area contributed by atoms with Crippen molar-refractivity contribution in [1.82, 2.24) is 0 Å². The Morgan fingerprint density at radius 3 is 2.90 bits per heavy atom. The van der Waals surface area contributed by atoms with E-state index in [-0.39, 0.29) is 4.65 Å². The van der Waals surface area contributed by atoms with Crippen molar-refractivity contribution in [3.63, 3.8) is 0 Å². The molecule has 0 saturated carbocycles. The molecule has 0 aromatic heterocycles. The van der Waals surface area contributed by atoms with Gasteiger partial charge in [-0.1, -0.05) is 0 Å². The molecule has 1 fully saturated rings. The van der Waals surface area contributed by atoms with Gasteiger partial charge < -0.3 is 9.85 Å². The Hall–Kier alpha value is -0.410. The lowest BCUT2D eigenvalue weighted by molar-refractivity contribution is -0.784. The molecule has 3 heteroatoms. The lowest BCUT2D eigenvalue weighted by atomic mass is 10.3. The summed E-state index contributed by atoms with van der Waals surface area (Å²) in [5, 5.41) is 11.7. The molecule has 10 heavy (non-hydrogen) atoms. The number of hydroxylamine groups is 3. The lowest BCUT2D eigenvalue weighted by Gasteiger charge is -2.39. The molecule has 56 valence electrons. The van der Waals surface area contributed by atoms with Gasteiger partial charge in [-0.15, -0.1) is 0 Å². The van der Waals surface area contributed by atoms with Crippen LogP contribution in [0.15, 0.2) is 4.99 Å². The van der Waals surface area contributed by atoms with Crippen LogP contribution in [0, 0.1) is 5.21 Å². The number of rotatable bonds is 0. The fraction of sp³-hybridized carbons (Fsp3) is 0.857. The summed E-state index contributed by atoms with van der Waals surface area (Å²) in [5.74, 6) is 0.909. The molecule has 1 atom stereocenters. The number of amidine groups is 1. The van der Waals surface area contributed by atoms with Crippen molar-refractivity contribution in [3.05, 3.63) is 5.21 Å². The third-order valence-electron chi connectivity index (χ3n) is 2.36. The van der Waals surface area contributed by atoms with E-state index in [1.54, 1.807) is 0 Å². The average Bonchev–Trinajstić information content (AvgIpc) is 2.29. The molecule has 0 radical (unpaired) electrons. The van der Waals surface area contributed by atoms with E-state index in [2.05, 4.69) is 4.99 Å². The van der Waals surface area contributed by atoms with Gasteiger partial charge >= 0.3 is 0 Å². The molecule has 1 saturated heterocycles. The molecular formula is C7H12N2O. The van der Waals surface area contributed by atoms with Crippen LogP contribution in [0.2, 0.25) is 0 Å². The summed E-state index contributed by atoms with van der Waals surface area (Å²) in [6.45, 7) is 2.44. The highest BCUT2D eigenvalue weighted by molar-refractivity contribution is 5.77. The van der Waals surface area contributed by atoms with Crippen LogP contribution < -0.4 is 0 Å². The predicted octanol–water partition coefficient (Wildman–Crippen LogP) is 0.897. The van der Waals surface area contributed by atoms with Crippen LogP contribution in [0.25, 0.3) is 0 Å². The first-order chi connectivity index (χ1) is 4.81. The Morgan fingerprint density at radius 2 is 2.10 bits per heavy atom. The first-order valence-electron chi connectivity index (χ1n) is 3.93. The number of quaternary nitrogens is 1. The van der Waals surface area contributed by atoms with Crippen LogP contribution in [-0.2, 0) is 0 Å². The van der Waals surface area contributed by atoms with E-state index in [1.165, 1.54) is 0 Å². The van der Waals surface area contributed by atoms with Gasteiger partial charge in [-0.3, -0.25) is 0 Å². The number of fused-ring (bicyclic) bond motifs is 1. The van der Waals surface area contributed by atoms with Gasteiger partial charge in [-0.2, -0.15) is 0 Å². The molecule has 1 unspecified atom stereocenters. The number of nitrogens with zero attached hydrogens (tertiary/aromatic N) is 2. The highest BCUT2D eigenvalue weighted by atomic mass is 16.5. The molecular weight excluding hydrogens is 128 g/mol. The Morgan fingerprint density at radius 1 is 1.30 bits per heavy atom. The van der Waals surface area contributed by atoms with Crippen molar-refractivity contribution in [2.75, 3.05) is 19.6 Å². The Labute approximate surface area is 60.5 Å². The number of hydrogen-bond donors (Lipinski definition) is 0. The molecule has 0 bridgehead atoms. The van der Waals surface area contributed by atoms with Gasteiger partial charge in [0, 0.05) is 19.3 Å². The fourth-order valence-corrected chi connectivity index (χ4v) is 1.81. The van der Waals surface area contributed by atoms with E-state index in [4.69, 9.17) is 0 Å². The van der Waals surface area contributed by atoms with E-state index in [1.807, 2.05) is 0 Å². The highest BCUT2D eigenvalue weighted by Crippen LogP contribution is 2.24. The van der Waals surface area contributed by atoms with Crippen molar-refractivity contribution in [1.29, 1.82) is 0 Å². The van der Waals surface area contributed by atoms with E-state index >= 15 is 0 Å². The number of hydrogen-bond acceptors (Lipinski definition) is 2. The second-order valence-corrected chi connectivity index (χ2v) is 3.09. The largest absolute Gasteiger partial charge is 0.626 e. The van der Waals surface area contributed by atoms with Crippen LogP contribution in [0.5, 0.6) is 0 Å². The van der Waals surface area contributed by atoms with Crippen molar-refractivity contribution >= 4 is 5.84 Å². The van der Waals surface area contributed by atoms with E-state index in [0.717, 1.165) is 44.7 Å². The van der Waals surface area contributed by atoms with Gasteiger partial charge in [0.25, 0.3) is 0 Å². The topological polar surface area (TPSA) is 35.4 Å². The minimum Gasteiger partial charge on any atom is -0.626 e. The highest BCUT2D eigenvalue weighted by Gasteiger charge is 2.32. The average molecular weight is 140 g/mol. The van der Waals surface area contributed by atoms with Crippen molar-refractivity contribution in [2.45, 2.75) is 19.3 Å². The minimum absolute atomic E-state index is 0.0833. The summed E-state index contributed by atoms with van der Waals surface area (Å²) in [5.41, 5.74) is 0. The second-order valence-electron chi connectivity index (χ2n) is 3.09. The fourth-order valence-electron chi connectivity index (χ4n) is 1.81. The van der Waals surface area contributed by atoms with Gasteiger partial charge in [0.2, 0.25) is 0 Å². The van der Waals surface area contributed by atoms with Crippen LogP contribution >= 0.6 is 0 Å². The van der Waals surface area contributed by atoms with E-state index in [9.17, 15) is 5.21 Å². The van der Waals surface area contributed by atoms with Crippen LogP contribution in [-0.4, -0.2) is 30.1 Å². The van der Waals surface area contributed by atoms with Crippen molar-refractivity contribution < 1.29 is 4.65 Å². The molecule has 0 N–H and O–H groups in total. The van der Waals surface area contributed by atoms with Crippen LogP contribution in [0.4, 0.5) is 0 Å². The zero-order chi connectivity index (χ0) is 7.03. The van der Waals surface area contributed by atoms with Gasteiger partial charge in [-0.25, -0.2) is 4.99 Å². The molecule has 3 nitrogen and oxygen atoms in total. The predicted molar refractivity (Wildman–Crippen MR) is 39.5 cm³/mol. The quantitative estimate of drug-likeness (QED) is 0.363. The molecule has 0 aromatic carbocycles. The number of aliphatic imine (C=N–C) groups is 1. The SMILES string of the molecule is [O-][N+]12CCCN=C1CCC2. The first-order valence-corrected chi connectivity index (χ1v) is 3.93. The molecule has 0 aromatic rings. The molecule has 0 amide bonds. The maximum atomic E-state index is 11.7. The molecule has 2 heterocycles.